The zero-order chi connectivity index (χ0) is 12.5. The molecule has 0 aliphatic heterocycles. The zero-order valence-electron chi connectivity index (χ0n) is 8.06. The molecule has 0 radical (unpaired) electrons. The number of rotatable bonds is 2. The Morgan fingerprint density at radius 2 is 2.00 bits per heavy atom. The monoisotopic (exact) mass is 297 g/mol. The quantitative estimate of drug-likeness (QED) is 0.912. The Balaban J connectivity index is 3.47. The van der Waals surface area contributed by atoms with Crippen LogP contribution in [0.3, 0.4) is 0 Å². The summed E-state index contributed by atoms with van der Waals surface area (Å²) < 4.78 is 42.4. The van der Waals surface area contributed by atoms with Crippen LogP contribution < -0.4 is 10.5 Å². The minimum atomic E-state index is -4.60. The molecule has 3 nitrogen and oxygen atoms in total. The summed E-state index contributed by atoms with van der Waals surface area (Å²) >= 11 is 2.94. The largest absolute Gasteiger partial charge is 0.496 e. The first-order valence-corrected chi connectivity index (χ1v) is 4.81. The van der Waals surface area contributed by atoms with Crippen molar-refractivity contribution in [3.63, 3.8) is 0 Å². The van der Waals surface area contributed by atoms with Crippen molar-refractivity contribution in [1.29, 1.82) is 0 Å². The average molecular weight is 298 g/mol. The summed E-state index contributed by atoms with van der Waals surface area (Å²) in [4.78, 5) is 10.9. The number of amides is 1. The van der Waals surface area contributed by atoms with E-state index in [2.05, 4.69) is 20.7 Å². The molecule has 1 aromatic rings. The van der Waals surface area contributed by atoms with Gasteiger partial charge in [-0.1, -0.05) is 0 Å². The van der Waals surface area contributed by atoms with Gasteiger partial charge in [0.15, 0.2) is 0 Å². The van der Waals surface area contributed by atoms with Gasteiger partial charge in [0.25, 0.3) is 0 Å². The zero-order valence-corrected chi connectivity index (χ0v) is 9.65. The summed E-state index contributed by atoms with van der Waals surface area (Å²) in [5.41, 5.74) is 3.66. The van der Waals surface area contributed by atoms with Crippen molar-refractivity contribution in [1.82, 2.24) is 0 Å². The van der Waals surface area contributed by atoms with Crippen LogP contribution >= 0.6 is 15.9 Å². The Kier molecular flexibility index (Phi) is 3.47. The van der Waals surface area contributed by atoms with E-state index in [-0.39, 0.29) is 15.8 Å². The predicted molar refractivity (Wildman–Crippen MR) is 54.2 cm³/mol. The standard InChI is InChI=1S/C9H7BrF3NO2/c1-16-7-3-6(10)4(8(14)15)2-5(7)9(11,12)13/h2-3H,1H3,(H2,14,15). The van der Waals surface area contributed by atoms with Gasteiger partial charge in [-0.3, -0.25) is 4.79 Å². The molecule has 1 aromatic carbocycles. The Morgan fingerprint density at radius 3 is 2.38 bits per heavy atom. The van der Waals surface area contributed by atoms with E-state index in [4.69, 9.17) is 5.73 Å². The van der Waals surface area contributed by atoms with E-state index in [1.165, 1.54) is 0 Å². The van der Waals surface area contributed by atoms with E-state index >= 15 is 0 Å². The van der Waals surface area contributed by atoms with E-state index in [9.17, 15) is 18.0 Å². The first kappa shape index (κ1) is 12.8. The lowest BCUT2D eigenvalue weighted by atomic mass is 10.1. The van der Waals surface area contributed by atoms with Gasteiger partial charge in [-0.2, -0.15) is 13.2 Å². The molecule has 0 unspecified atom stereocenters. The van der Waals surface area contributed by atoms with Gasteiger partial charge in [0, 0.05) is 4.47 Å². The van der Waals surface area contributed by atoms with Crippen LogP contribution in [-0.2, 0) is 6.18 Å². The highest BCUT2D eigenvalue weighted by atomic mass is 79.9. The molecule has 0 atom stereocenters. The number of ether oxygens (including phenoxy) is 1. The molecule has 0 saturated heterocycles. The molecule has 0 aliphatic carbocycles. The lowest BCUT2D eigenvalue weighted by molar-refractivity contribution is -0.138. The number of hydrogen-bond acceptors (Lipinski definition) is 2. The number of hydrogen-bond donors (Lipinski definition) is 1. The molecule has 0 bridgehead atoms. The summed E-state index contributed by atoms with van der Waals surface area (Å²) in [6.45, 7) is 0. The highest BCUT2D eigenvalue weighted by Gasteiger charge is 2.35. The SMILES string of the molecule is COc1cc(Br)c(C(N)=O)cc1C(F)(F)F. The normalized spacial score (nSPS) is 11.3. The summed E-state index contributed by atoms with van der Waals surface area (Å²) in [6, 6.07) is 1.72. The van der Waals surface area contributed by atoms with Crippen molar-refractivity contribution in [2.45, 2.75) is 6.18 Å². The highest BCUT2D eigenvalue weighted by molar-refractivity contribution is 9.10. The molecule has 0 heterocycles. The topological polar surface area (TPSA) is 52.3 Å². The van der Waals surface area contributed by atoms with Gasteiger partial charge >= 0.3 is 6.18 Å². The van der Waals surface area contributed by atoms with Gasteiger partial charge in [-0.05, 0) is 28.1 Å². The Morgan fingerprint density at radius 1 is 1.44 bits per heavy atom. The van der Waals surface area contributed by atoms with Gasteiger partial charge in [0.1, 0.15) is 5.75 Å². The smallest absolute Gasteiger partial charge is 0.419 e. The van der Waals surface area contributed by atoms with E-state index in [0.717, 1.165) is 13.2 Å². The second-order valence-electron chi connectivity index (χ2n) is 2.89. The van der Waals surface area contributed by atoms with Crippen LogP contribution in [0.15, 0.2) is 16.6 Å². The predicted octanol–water partition coefficient (Wildman–Crippen LogP) is 2.58. The van der Waals surface area contributed by atoms with Crippen LogP contribution in [0.1, 0.15) is 15.9 Å². The number of carbonyl (C=O) groups is 1. The number of carbonyl (C=O) groups excluding carboxylic acids is 1. The summed E-state index contributed by atoms with van der Waals surface area (Å²) in [6.07, 6.45) is -4.60. The van der Waals surface area contributed by atoms with Gasteiger partial charge in [-0.15, -0.1) is 0 Å². The Bertz CT molecular complexity index is 431. The Labute approximate surface area is 97.5 Å². The molecule has 16 heavy (non-hydrogen) atoms. The minimum absolute atomic E-state index is 0.157. The summed E-state index contributed by atoms with van der Waals surface area (Å²) in [5, 5.41) is 0. The molecular formula is C9H7BrF3NO2. The maximum absolute atomic E-state index is 12.6. The number of benzene rings is 1. The van der Waals surface area contributed by atoms with Crippen molar-refractivity contribution < 1.29 is 22.7 Å². The van der Waals surface area contributed by atoms with E-state index in [0.29, 0.717) is 6.07 Å². The van der Waals surface area contributed by atoms with E-state index < -0.39 is 17.6 Å². The minimum Gasteiger partial charge on any atom is -0.496 e. The fourth-order valence-electron chi connectivity index (χ4n) is 1.13. The first-order chi connectivity index (χ1) is 7.27. The fraction of sp³-hybridized carbons (Fsp3) is 0.222. The number of halogens is 4. The van der Waals surface area contributed by atoms with Gasteiger partial charge in [0.05, 0.1) is 18.2 Å². The van der Waals surface area contributed by atoms with Crippen LogP contribution in [0.5, 0.6) is 5.75 Å². The van der Waals surface area contributed by atoms with Crippen LogP contribution in [-0.4, -0.2) is 13.0 Å². The maximum atomic E-state index is 12.6. The van der Waals surface area contributed by atoms with Crippen molar-refractivity contribution in [3.8, 4) is 5.75 Å². The molecular weight excluding hydrogens is 291 g/mol. The second kappa shape index (κ2) is 4.32. The van der Waals surface area contributed by atoms with Crippen LogP contribution in [0.25, 0.3) is 0 Å². The number of primary amides is 1. The molecule has 1 rings (SSSR count). The van der Waals surface area contributed by atoms with E-state index in [1.807, 2.05) is 0 Å². The maximum Gasteiger partial charge on any atom is 0.419 e. The van der Waals surface area contributed by atoms with Crippen LogP contribution in [0.4, 0.5) is 13.2 Å². The number of alkyl halides is 3. The molecule has 0 aromatic heterocycles. The van der Waals surface area contributed by atoms with Gasteiger partial charge in [0.2, 0.25) is 5.91 Å². The van der Waals surface area contributed by atoms with Crippen molar-refractivity contribution in [3.05, 3.63) is 27.7 Å². The van der Waals surface area contributed by atoms with Crippen LogP contribution in [0.2, 0.25) is 0 Å². The average Bonchev–Trinajstić information content (AvgIpc) is 2.14. The summed E-state index contributed by atoms with van der Waals surface area (Å²) in [5.74, 6) is -1.32. The molecule has 1 amide bonds. The molecule has 7 heteroatoms. The third kappa shape index (κ3) is 2.46. The molecule has 0 saturated carbocycles. The number of methoxy groups -OCH3 is 1. The van der Waals surface area contributed by atoms with E-state index in [1.54, 1.807) is 0 Å². The highest BCUT2D eigenvalue weighted by Crippen LogP contribution is 2.38. The summed E-state index contributed by atoms with van der Waals surface area (Å²) in [7, 11) is 1.11. The van der Waals surface area contributed by atoms with Gasteiger partial charge < -0.3 is 10.5 Å². The fourth-order valence-corrected chi connectivity index (χ4v) is 1.65. The van der Waals surface area contributed by atoms with Gasteiger partial charge in [-0.25, -0.2) is 0 Å². The lowest BCUT2D eigenvalue weighted by Gasteiger charge is -2.13. The second-order valence-corrected chi connectivity index (χ2v) is 3.75. The van der Waals surface area contributed by atoms with Crippen molar-refractivity contribution >= 4 is 21.8 Å². The third-order valence-corrected chi connectivity index (χ3v) is 2.52. The molecule has 0 fully saturated rings. The lowest BCUT2D eigenvalue weighted by Crippen LogP contribution is -2.15. The Hall–Kier alpha value is -1.24. The van der Waals surface area contributed by atoms with Crippen molar-refractivity contribution in [2.75, 3.05) is 7.11 Å². The first-order valence-electron chi connectivity index (χ1n) is 4.02. The molecule has 2 N–H and O–H groups in total. The molecule has 0 aliphatic rings. The molecule has 88 valence electrons. The third-order valence-electron chi connectivity index (χ3n) is 1.86. The number of nitrogens with two attached hydrogens (primary N) is 1. The van der Waals surface area contributed by atoms with Crippen LogP contribution in [0, 0.1) is 0 Å². The van der Waals surface area contributed by atoms with Crippen molar-refractivity contribution in [2.24, 2.45) is 5.73 Å². The molecule has 0 spiro atoms.